The maximum atomic E-state index is 5.91. The van der Waals surface area contributed by atoms with Crippen LogP contribution in [0.15, 0.2) is 0 Å². The molecule has 0 aromatic rings. The van der Waals surface area contributed by atoms with Crippen LogP contribution in [0.3, 0.4) is 0 Å². The number of hydrogen-bond donors (Lipinski definition) is 2. The van der Waals surface area contributed by atoms with Crippen LogP contribution in [0.1, 0.15) is 19.3 Å². The molecular weight excluding hydrogens is 242 g/mol. The molecule has 1 saturated carbocycles. The predicted molar refractivity (Wildman–Crippen MR) is 53.8 cm³/mol. The Balaban J connectivity index is 2.99. The van der Waals surface area contributed by atoms with Gasteiger partial charge in [-0.3, -0.25) is 0 Å². The van der Waals surface area contributed by atoms with Crippen molar-refractivity contribution >= 4 is 46.4 Å². The van der Waals surface area contributed by atoms with Crippen LogP contribution in [0.5, 0.6) is 0 Å². The van der Waals surface area contributed by atoms with E-state index in [4.69, 9.17) is 57.9 Å². The van der Waals surface area contributed by atoms with E-state index < -0.39 is 14.3 Å². The van der Waals surface area contributed by atoms with Gasteiger partial charge in [0.25, 0.3) is 0 Å². The molecule has 2 atom stereocenters. The van der Waals surface area contributed by atoms with Crippen molar-refractivity contribution in [1.29, 1.82) is 0 Å². The Hall–Kier alpha value is 1.08. The van der Waals surface area contributed by atoms with Crippen molar-refractivity contribution in [3.8, 4) is 0 Å². The van der Waals surface area contributed by atoms with E-state index in [9.17, 15) is 0 Å². The highest BCUT2D eigenvalue weighted by Gasteiger charge is 2.59. The first kappa shape index (κ1) is 11.2. The zero-order valence-corrected chi connectivity index (χ0v) is 9.31. The first-order valence-electron chi connectivity index (χ1n) is 3.54. The van der Waals surface area contributed by atoms with Crippen molar-refractivity contribution in [2.45, 2.75) is 33.6 Å². The topological polar surface area (TPSA) is 52.0 Å². The summed E-state index contributed by atoms with van der Waals surface area (Å²) in [4.78, 5) is -2.72. The molecule has 2 unspecified atom stereocenters. The zero-order chi connectivity index (χ0) is 9.62. The van der Waals surface area contributed by atoms with Gasteiger partial charge in [-0.05, 0) is 19.3 Å². The van der Waals surface area contributed by atoms with Crippen molar-refractivity contribution in [2.24, 2.45) is 11.5 Å². The maximum Gasteiger partial charge on any atom is 0.156 e. The van der Waals surface area contributed by atoms with Crippen molar-refractivity contribution in [3.63, 3.8) is 0 Å². The highest BCUT2D eigenvalue weighted by Crippen LogP contribution is 2.51. The van der Waals surface area contributed by atoms with Crippen LogP contribution in [-0.4, -0.2) is 14.3 Å². The Labute approximate surface area is 91.5 Å². The summed E-state index contributed by atoms with van der Waals surface area (Å²) in [6.07, 6.45) is 1.73. The fraction of sp³-hybridized carbons (Fsp3) is 1.00. The van der Waals surface area contributed by atoms with E-state index >= 15 is 0 Å². The summed E-state index contributed by atoms with van der Waals surface area (Å²) >= 11 is 23.6. The van der Waals surface area contributed by atoms with E-state index in [0.717, 1.165) is 6.42 Å². The largest absolute Gasteiger partial charge is 0.310 e. The molecule has 0 aromatic carbocycles. The van der Waals surface area contributed by atoms with Gasteiger partial charge in [-0.25, -0.2) is 0 Å². The van der Waals surface area contributed by atoms with Crippen LogP contribution < -0.4 is 11.5 Å². The first-order chi connectivity index (χ1) is 5.21. The molecule has 0 aliphatic heterocycles. The van der Waals surface area contributed by atoms with E-state index in [0.29, 0.717) is 12.8 Å². The molecule has 4 N–H and O–H groups in total. The minimum atomic E-state index is -1.48. The van der Waals surface area contributed by atoms with Gasteiger partial charge in [-0.1, -0.05) is 46.4 Å². The summed E-state index contributed by atoms with van der Waals surface area (Å²) in [5, 5.41) is 0. The minimum Gasteiger partial charge on any atom is -0.310 e. The second-order valence-corrected chi connectivity index (χ2v) is 5.89. The highest BCUT2D eigenvalue weighted by molar-refractivity contribution is 6.55. The number of rotatable bonds is 0. The third-order valence-electron chi connectivity index (χ3n) is 2.17. The second-order valence-electron chi connectivity index (χ2n) is 3.13. The van der Waals surface area contributed by atoms with Crippen LogP contribution in [0, 0.1) is 0 Å². The monoisotopic (exact) mass is 250 g/mol. The van der Waals surface area contributed by atoms with Gasteiger partial charge < -0.3 is 11.5 Å². The van der Waals surface area contributed by atoms with E-state index in [1.807, 2.05) is 0 Å². The molecule has 0 saturated heterocycles. The number of hydrogen-bond acceptors (Lipinski definition) is 2. The summed E-state index contributed by atoms with van der Waals surface area (Å²) < 4.78 is -1.26. The van der Waals surface area contributed by atoms with Gasteiger partial charge >= 0.3 is 0 Å². The van der Waals surface area contributed by atoms with Gasteiger partial charge in [0.2, 0.25) is 0 Å². The Morgan fingerprint density at radius 2 is 1.42 bits per heavy atom. The minimum absolute atomic E-state index is 0.502. The zero-order valence-electron chi connectivity index (χ0n) is 6.29. The van der Waals surface area contributed by atoms with Gasteiger partial charge in [0.15, 0.2) is 9.33 Å². The van der Waals surface area contributed by atoms with Gasteiger partial charge in [-0.2, -0.15) is 0 Å². The average Bonchev–Trinajstić information content (AvgIpc) is 1.83. The molecule has 0 spiro atoms. The number of alkyl halides is 4. The molecule has 6 heteroatoms. The third kappa shape index (κ3) is 1.54. The average molecular weight is 252 g/mol. The first-order valence-corrected chi connectivity index (χ1v) is 5.05. The summed E-state index contributed by atoms with van der Waals surface area (Å²) in [7, 11) is 0. The van der Waals surface area contributed by atoms with Crippen molar-refractivity contribution in [2.75, 3.05) is 0 Å². The smallest absolute Gasteiger partial charge is 0.156 e. The van der Waals surface area contributed by atoms with E-state index in [2.05, 4.69) is 0 Å². The third-order valence-corrected chi connectivity index (χ3v) is 4.58. The van der Waals surface area contributed by atoms with Gasteiger partial charge in [0, 0.05) is 0 Å². The SMILES string of the molecule is NC1(Cl)CCCC(Cl)(Cl)C1(N)Cl. The summed E-state index contributed by atoms with van der Waals surface area (Å²) in [6.45, 7) is 0. The molecule has 0 amide bonds. The van der Waals surface area contributed by atoms with Gasteiger partial charge in [0.05, 0.1) is 0 Å². The normalized spacial score (nSPS) is 47.5. The lowest BCUT2D eigenvalue weighted by Crippen LogP contribution is -2.69. The molecule has 1 aliphatic rings. The molecule has 1 aliphatic carbocycles. The molecule has 2 nitrogen and oxygen atoms in total. The predicted octanol–water partition coefficient (Wildman–Crippen LogP) is 2.13. The second kappa shape index (κ2) is 3.04. The Morgan fingerprint density at radius 1 is 0.917 bits per heavy atom. The van der Waals surface area contributed by atoms with Gasteiger partial charge in [-0.15, -0.1) is 0 Å². The Bertz CT molecular complexity index is 172. The summed E-state index contributed by atoms with van der Waals surface area (Å²) in [5.41, 5.74) is 11.3. The van der Waals surface area contributed by atoms with Crippen molar-refractivity contribution in [1.82, 2.24) is 0 Å². The lowest BCUT2D eigenvalue weighted by Gasteiger charge is -2.47. The number of nitrogens with two attached hydrogens (primary N) is 2. The Kier molecular flexibility index (Phi) is 2.83. The molecule has 0 bridgehead atoms. The lowest BCUT2D eigenvalue weighted by atomic mass is 9.89. The quantitative estimate of drug-likeness (QED) is 0.512. The molecule has 0 radical (unpaired) electrons. The molecule has 0 aromatic heterocycles. The molecule has 0 heterocycles. The summed E-state index contributed by atoms with van der Waals surface area (Å²) in [5.74, 6) is 0. The fourth-order valence-electron chi connectivity index (χ4n) is 1.24. The van der Waals surface area contributed by atoms with Gasteiger partial charge in [0.1, 0.15) is 5.00 Å². The van der Waals surface area contributed by atoms with Crippen LogP contribution in [-0.2, 0) is 0 Å². The molecule has 1 fully saturated rings. The molecule has 1 rings (SSSR count). The lowest BCUT2D eigenvalue weighted by molar-refractivity contribution is 0.290. The Morgan fingerprint density at radius 3 is 1.75 bits per heavy atom. The van der Waals surface area contributed by atoms with E-state index in [-0.39, 0.29) is 0 Å². The molecular formula is C6H10Cl4N2. The van der Waals surface area contributed by atoms with E-state index in [1.165, 1.54) is 0 Å². The maximum absolute atomic E-state index is 5.91. The fourth-order valence-corrected chi connectivity index (χ4v) is 2.42. The molecule has 12 heavy (non-hydrogen) atoms. The summed E-state index contributed by atoms with van der Waals surface area (Å²) in [6, 6.07) is 0. The van der Waals surface area contributed by atoms with Crippen LogP contribution >= 0.6 is 46.4 Å². The number of halogens is 4. The molecule has 72 valence electrons. The van der Waals surface area contributed by atoms with Crippen molar-refractivity contribution in [3.05, 3.63) is 0 Å². The van der Waals surface area contributed by atoms with Crippen LogP contribution in [0.4, 0.5) is 0 Å². The van der Waals surface area contributed by atoms with E-state index in [1.54, 1.807) is 0 Å². The standard InChI is InChI=1S/C6H10Cl4N2/c7-4(8)2-1-3-5(9,11)6(4,10)12/h1-3,11-12H2. The highest BCUT2D eigenvalue weighted by atomic mass is 35.5. The van der Waals surface area contributed by atoms with Crippen molar-refractivity contribution < 1.29 is 0 Å². The van der Waals surface area contributed by atoms with Crippen LogP contribution in [0.25, 0.3) is 0 Å². The van der Waals surface area contributed by atoms with Crippen LogP contribution in [0.2, 0.25) is 0 Å².